The van der Waals surface area contributed by atoms with Gasteiger partial charge in [-0.25, -0.2) is 0 Å². The standard InChI is InChI=1S/C11H15BrN2OS/c1-14-4-2-9(3-5-14)13-11(15)10-6-8(12)7-16-10/h6-7,9H,2-5H2,1H3,(H,13,15). The van der Waals surface area contributed by atoms with E-state index >= 15 is 0 Å². The summed E-state index contributed by atoms with van der Waals surface area (Å²) in [4.78, 5) is 15.0. The smallest absolute Gasteiger partial charge is 0.261 e. The van der Waals surface area contributed by atoms with Crippen molar-refractivity contribution in [2.24, 2.45) is 0 Å². The zero-order valence-electron chi connectivity index (χ0n) is 9.20. The Kier molecular flexibility index (Phi) is 4.00. The largest absolute Gasteiger partial charge is 0.349 e. The molecule has 1 N–H and O–H groups in total. The van der Waals surface area contributed by atoms with E-state index in [1.165, 1.54) is 11.3 Å². The molecular weight excluding hydrogens is 288 g/mol. The highest BCUT2D eigenvalue weighted by Gasteiger charge is 2.19. The Bertz CT molecular complexity index is 372. The maximum Gasteiger partial charge on any atom is 0.261 e. The third-order valence-corrected chi connectivity index (χ3v) is 4.53. The average Bonchev–Trinajstić information content (AvgIpc) is 2.68. The van der Waals surface area contributed by atoms with Crippen molar-refractivity contribution < 1.29 is 4.79 Å². The summed E-state index contributed by atoms with van der Waals surface area (Å²) in [6.07, 6.45) is 2.10. The molecule has 0 aliphatic carbocycles. The minimum Gasteiger partial charge on any atom is -0.349 e. The quantitative estimate of drug-likeness (QED) is 0.909. The molecule has 0 aromatic carbocycles. The Morgan fingerprint density at radius 2 is 2.25 bits per heavy atom. The van der Waals surface area contributed by atoms with Gasteiger partial charge in [0.25, 0.3) is 5.91 Å². The highest BCUT2D eigenvalue weighted by molar-refractivity contribution is 9.10. The Morgan fingerprint density at radius 3 is 2.81 bits per heavy atom. The second-order valence-electron chi connectivity index (χ2n) is 4.18. The first-order valence-electron chi connectivity index (χ1n) is 5.38. The van der Waals surface area contributed by atoms with Crippen LogP contribution in [0.25, 0.3) is 0 Å². The van der Waals surface area contributed by atoms with E-state index in [4.69, 9.17) is 0 Å². The van der Waals surface area contributed by atoms with Crippen molar-refractivity contribution in [2.45, 2.75) is 18.9 Å². The van der Waals surface area contributed by atoms with Gasteiger partial charge in [-0.05, 0) is 55.0 Å². The zero-order chi connectivity index (χ0) is 11.5. The molecule has 1 aliphatic heterocycles. The van der Waals surface area contributed by atoms with Gasteiger partial charge in [0.05, 0.1) is 4.88 Å². The van der Waals surface area contributed by atoms with Gasteiger partial charge >= 0.3 is 0 Å². The number of nitrogens with one attached hydrogen (secondary N) is 1. The fraction of sp³-hybridized carbons (Fsp3) is 0.545. The predicted octanol–water partition coefficient (Wildman–Crippen LogP) is 2.33. The van der Waals surface area contributed by atoms with Crippen LogP contribution < -0.4 is 5.32 Å². The molecule has 3 nitrogen and oxygen atoms in total. The van der Waals surface area contributed by atoms with Gasteiger partial charge in [-0.15, -0.1) is 11.3 Å². The van der Waals surface area contributed by atoms with Crippen LogP contribution in [0.5, 0.6) is 0 Å². The summed E-state index contributed by atoms with van der Waals surface area (Å²) in [5.41, 5.74) is 0. The topological polar surface area (TPSA) is 32.3 Å². The molecule has 88 valence electrons. The second-order valence-corrected chi connectivity index (χ2v) is 6.01. The summed E-state index contributed by atoms with van der Waals surface area (Å²) in [5, 5.41) is 5.03. The lowest BCUT2D eigenvalue weighted by molar-refractivity contribution is 0.0921. The number of thiophene rings is 1. The number of carbonyl (C=O) groups is 1. The number of hydrogen-bond donors (Lipinski definition) is 1. The zero-order valence-corrected chi connectivity index (χ0v) is 11.6. The van der Waals surface area contributed by atoms with Crippen LogP contribution >= 0.6 is 27.3 Å². The minimum absolute atomic E-state index is 0.0604. The Labute approximate surface area is 108 Å². The van der Waals surface area contributed by atoms with Crippen molar-refractivity contribution in [1.82, 2.24) is 10.2 Å². The highest BCUT2D eigenvalue weighted by atomic mass is 79.9. The highest BCUT2D eigenvalue weighted by Crippen LogP contribution is 2.20. The molecule has 5 heteroatoms. The fourth-order valence-electron chi connectivity index (χ4n) is 1.84. The molecule has 0 unspecified atom stereocenters. The van der Waals surface area contributed by atoms with Gasteiger partial charge in [0.1, 0.15) is 0 Å². The number of amides is 1. The predicted molar refractivity (Wildman–Crippen MR) is 70.0 cm³/mol. The molecule has 0 saturated carbocycles. The first-order valence-corrected chi connectivity index (χ1v) is 7.06. The van der Waals surface area contributed by atoms with Gasteiger partial charge < -0.3 is 10.2 Å². The molecule has 1 aromatic rings. The third-order valence-electron chi connectivity index (χ3n) is 2.85. The van der Waals surface area contributed by atoms with Gasteiger partial charge in [0.15, 0.2) is 0 Å². The first-order chi connectivity index (χ1) is 7.65. The van der Waals surface area contributed by atoms with Gasteiger partial charge in [0, 0.05) is 15.9 Å². The molecule has 0 atom stereocenters. The molecule has 0 bridgehead atoms. The maximum atomic E-state index is 11.9. The van der Waals surface area contributed by atoms with E-state index in [9.17, 15) is 4.79 Å². The van der Waals surface area contributed by atoms with Crippen LogP contribution in [0.1, 0.15) is 22.5 Å². The molecule has 2 heterocycles. The monoisotopic (exact) mass is 302 g/mol. The van der Waals surface area contributed by atoms with E-state index in [0.29, 0.717) is 6.04 Å². The van der Waals surface area contributed by atoms with Crippen molar-refractivity contribution in [2.75, 3.05) is 20.1 Å². The molecule has 1 aromatic heterocycles. The number of hydrogen-bond acceptors (Lipinski definition) is 3. The summed E-state index contributed by atoms with van der Waals surface area (Å²) >= 11 is 4.83. The molecule has 0 spiro atoms. The summed E-state index contributed by atoms with van der Waals surface area (Å²) in [6, 6.07) is 2.21. The normalized spacial score (nSPS) is 18.6. The Balaban J connectivity index is 1.88. The number of nitrogens with zero attached hydrogens (tertiary/aromatic N) is 1. The lowest BCUT2D eigenvalue weighted by atomic mass is 10.1. The summed E-state index contributed by atoms with van der Waals surface area (Å²) in [5.74, 6) is 0.0604. The first kappa shape index (κ1) is 12.1. The van der Waals surface area contributed by atoms with Crippen LogP contribution in [0.15, 0.2) is 15.9 Å². The third kappa shape index (κ3) is 3.06. The molecule has 1 fully saturated rings. The van der Waals surface area contributed by atoms with Crippen molar-refractivity contribution >= 4 is 33.2 Å². The average molecular weight is 303 g/mol. The second kappa shape index (κ2) is 5.29. The summed E-state index contributed by atoms with van der Waals surface area (Å²) in [6.45, 7) is 2.14. The van der Waals surface area contributed by atoms with Gasteiger partial charge in [-0.2, -0.15) is 0 Å². The number of piperidine rings is 1. The molecule has 16 heavy (non-hydrogen) atoms. The van der Waals surface area contributed by atoms with E-state index in [1.54, 1.807) is 0 Å². The summed E-state index contributed by atoms with van der Waals surface area (Å²) in [7, 11) is 2.12. The molecule has 0 radical (unpaired) electrons. The van der Waals surface area contributed by atoms with E-state index < -0.39 is 0 Å². The van der Waals surface area contributed by atoms with E-state index in [2.05, 4.69) is 33.2 Å². The Hall–Kier alpha value is -0.390. The van der Waals surface area contributed by atoms with Crippen LogP contribution in [-0.2, 0) is 0 Å². The van der Waals surface area contributed by atoms with Crippen molar-refractivity contribution in [3.63, 3.8) is 0 Å². The van der Waals surface area contributed by atoms with E-state index in [-0.39, 0.29) is 5.91 Å². The van der Waals surface area contributed by atoms with Crippen molar-refractivity contribution in [1.29, 1.82) is 0 Å². The fourth-order valence-corrected chi connectivity index (χ4v) is 3.17. The molecule has 1 aliphatic rings. The van der Waals surface area contributed by atoms with Crippen LogP contribution in [0.3, 0.4) is 0 Å². The lowest BCUT2D eigenvalue weighted by Crippen LogP contribution is -2.43. The number of carbonyl (C=O) groups excluding carboxylic acids is 1. The molecular formula is C11H15BrN2OS. The Morgan fingerprint density at radius 1 is 1.56 bits per heavy atom. The molecule has 1 amide bonds. The van der Waals surface area contributed by atoms with Crippen LogP contribution in [0, 0.1) is 0 Å². The van der Waals surface area contributed by atoms with E-state index in [0.717, 1.165) is 35.3 Å². The van der Waals surface area contributed by atoms with Crippen LogP contribution in [-0.4, -0.2) is 37.0 Å². The van der Waals surface area contributed by atoms with Gasteiger partial charge in [-0.1, -0.05) is 0 Å². The maximum absolute atomic E-state index is 11.9. The molecule has 2 rings (SSSR count). The number of likely N-dealkylation sites (tertiary alicyclic amines) is 1. The van der Waals surface area contributed by atoms with Crippen LogP contribution in [0.4, 0.5) is 0 Å². The minimum atomic E-state index is 0.0604. The van der Waals surface area contributed by atoms with Gasteiger partial charge in [0.2, 0.25) is 0 Å². The number of rotatable bonds is 2. The molecule has 1 saturated heterocycles. The van der Waals surface area contributed by atoms with E-state index in [1.807, 2.05) is 11.4 Å². The van der Waals surface area contributed by atoms with Crippen LogP contribution in [0.2, 0.25) is 0 Å². The van der Waals surface area contributed by atoms with Gasteiger partial charge in [-0.3, -0.25) is 4.79 Å². The van der Waals surface area contributed by atoms with Crippen molar-refractivity contribution in [3.05, 3.63) is 20.8 Å². The lowest BCUT2D eigenvalue weighted by Gasteiger charge is -2.29. The SMILES string of the molecule is CN1CCC(NC(=O)c2cc(Br)cs2)CC1. The van der Waals surface area contributed by atoms with Crippen molar-refractivity contribution in [3.8, 4) is 0 Å². The summed E-state index contributed by atoms with van der Waals surface area (Å²) < 4.78 is 0.978. The number of halogens is 1.